The maximum absolute atomic E-state index is 12.4. The molecule has 1 unspecified atom stereocenters. The van der Waals surface area contributed by atoms with Gasteiger partial charge in [-0.2, -0.15) is 0 Å². The van der Waals surface area contributed by atoms with Crippen LogP contribution >= 0.6 is 0 Å². The van der Waals surface area contributed by atoms with E-state index in [1.54, 1.807) is 14.0 Å². The first-order valence-electron chi connectivity index (χ1n) is 7.33. The van der Waals surface area contributed by atoms with Gasteiger partial charge in [-0.05, 0) is 19.8 Å². The quantitative estimate of drug-likeness (QED) is 0.581. The van der Waals surface area contributed by atoms with Crippen LogP contribution in [0.15, 0.2) is 0 Å². The third kappa shape index (κ3) is 4.45. The predicted octanol–water partition coefficient (Wildman–Crippen LogP) is 0.163. The van der Waals surface area contributed by atoms with Crippen molar-refractivity contribution in [3.8, 4) is 0 Å². The van der Waals surface area contributed by atoms with Gasteiger partial charge in [0.2, 0.25) is 11.8 Å². The van der Waals surface area contributed by atoms with E-state index in [0.717, 1.165) is 32.1 Å². The zero-order valence-corrected chi connectivity index (χ0v) is 12.5. The molecule has 6 heteroatoms. The summed E-state index contributed by atoms with van der Waals surface area (Å²) in [6, 6.07) is -0.551. The maximum Gasteiger partial charge on any atom is 0.242 e. The second-order valence-electron chi connectivity index (χ2n) is 5.52. The van der Waals surface area contributed by atoms with Crippen molar-refractivity contribution in [3.63, 3.8) is 0 Å². The van der Waals surface area contributed by atoms with Gasteiger partial charge in [0.05, 0.1) is 12.0 Å². The second-order valence-corrected chi connectivity index (χ2v) is 5.52. The second kappa shape index (κ2) is 8.21. The lowest BCUT2D eigenvalue weighted by molar-refractivity contribution is -0.136. The highest BCUT2D eigenvalue weighted by molar-refractivity contribution is 5.90. The fourth-order valence-corrected chi connectivity index (χ4v) is 2.60. The SMILES string of the molecule is COCCNC(=O)C(C)NC(=O)C1(CN)CCCCC1. The van der Waals surface area contributed by atoms with Crippen LogP contribution in [0.2, 0.25) is 0 Å². The number of hydrogen-bond acceptors (Lipinski definition) is 4. The van der Waals surface area contributed by atoms with E-state index in [1.807, 2.05) is 0 Å². The molecule has 0 aromatic heterocycles. The number of rotatable bonds is 7. The fourth-order valence-electron chi connectivity index (χ4n) is 2.60. The molecule has 0 aromatic rings. The van der Waals surface area contributed by atoms with Gasteiger partial charge in [-0.15, -0.1) is 0 Å². The Balaban J connectivity index is 2.48. The van der Waals surface area contributed by atoms with Crippen LogP contribution in [0, 0.1) is 5.41 Å². The van der Waals surface area contributed by atoms with E-state index in [0.29, 0.717) is 19.7 Å². The summed E-state index contributed by atoms with van der Waals surface area (Å²) in [6.07, 6.45) is 4.83. The molecule has 1 atom stereocenters. The van der Waals surface area contributed by atoms with Gasteiger partial charge in [-0.3, -0.25) is 9.59 Å². The van der Waals surface area contributed by atoms with Crippen LogP contribution in [0.25, 0.3) is 0 Å². The van der Waals surface area contributed by atoms with Crippen molar-refractivity contribution in [3.05, 3.63) is 0 Å². The number of nitrogens with two attached hydrogens (primary N) is 1. The van der Waals surface area contributed by atoms with Crippen molar-refractivity contribution < 1.29 is 14.3 Å². The van der Waals surface area contributed by atoms with Gasteiger partial charge in [0.1, 0.15) is 6.04 Å². The van der Waals surface area contributed by atoms with Crippen LogP contribution in [0.5, 0.6) is 0 Å². The van der Waals surface area contributed by atoms with Crippen molar-refractivity contribution in [2.75, 3.05) is 26.8 Å². The molecular weight excluding hydrogens is 258 g/mol. The molecule has 2 amide bonds. The van der Waals surface area contributed by atoms with Gasteiger partial charge < -0.3 is 21.1 Å². The Hall–Kier alpha value is -1.14. The first kappa shape index (κ1) is 16.9. The molecule has 0 aliphatic heterocycles. The van der Waals surface area contributed by atoms with Crippen molar-refractivity contribution in [2.24, 2.45) is 11.1 Å². The largest absolute Gasteiger partial charge is 0.383 e. The van der Waals surface area contributed by atoms with Crippen LogP contribution in [0.4, 0.5) is 0 Å². The van der Waals surface area contributed by atoms with Crippen LogP contribution in [0.3, 0.4) is 0 Å². The Morgan fingerprint density at radius 1 is 1.30 bits per heavy atom. The van der Waals surface area contributed by atoms with Crippen molar-refractivity contribution in [2.45, 2.75) is 45.1 Å². The highest BCUT2D eigenvalue weighted by Crippen LogP contribution is 2.35. The Kier molecular flexibility index (Phi) is 6.95. The summed E-state index contributed by atoms with van der Waals surface area (Å²) in [6.45, 7) is 2.93. The van der Waals surface area contributed by atoms with E-state index in [9.17, 15) is 9.59 Å². The molecule has 4 N–H and O–H groups in total. The minimum Gasteiger partial charge on any atom is -0.383 e. The number of hydrogen-bond donors (Lipinski definition) is 3. The summed E-state index contributed by atoms with van der Waals surface area (Å²) in [5, 5.41) is 5.51. The highest BCUT2D eigenvalue weighted by atomic mass is 16.5. The molecule has 0 bridgehead atoms. The van der Waals surface area contributed by atoms with E-state index in [-0.39, 0.29) is 11.8 Å². The number of ether oxygens (including phenoxy) is 1. The van der Waals surface area contributed by atoms with E-state index < -0.39 is 11.5 Å². The minimum absolute atomic E-state index is 0.0888. The standard InChI is InChI=1S/C14H27N3O3/c1-11(12(18)16-8-9-20-2)17-13(19)14(10-15)6-4-3-5-7-14/h11H,3-10,15H2,1-2H3,(H,16,18)(H,17,19). The molecular formula is C14H27N3O3. The molecule has 0 spiro atoms. The van der Waals surface area contributed by atoms with Crippen LogP contribution in [-0.2, 0) is 14.3 Å². The van der Waals surface area contributed by atoms with Gasteiger partial charge in [0.25, 0.3) is 0 Å². The van der Waals surface area contributed by atoms with E-state index in [2.05, 4.69) is 10.6 Å². The zero-order chi connectivity index (χ0) is 15.0. The molecule has 0 saturated heterocycles. The lowest BCUT2D eigenvalue weighted by Gasteiger charge is -2.35. The zero-order valence-electron chi connectivity index (χ0n) is 12.5. The third-order valence-electron chi connectivity index (χ3n) is 4.03. The summed E-state index contributed by atoms with van der Waals surface area (Å²) in [5.74, 6) is -0.285. The molecule has 6 nitrogen and oxygen atoms in total. The van der Waals surface area contributed by atoms with E-state index in [4.69, 9.17) is 10.5 Å². The number of carbonyl (C=O) groups excluding carboxylic acids is 2. The maximum atomic E-state index is 12.4. The van der Waals surface area contributed by atoms with Gasteiger partial charge in [0, 0.05) is 20.2 Å². The van der Waals surface area contributed by atoms with Gasteiger partial charge in [0.15, 0.2) is 0 Å². The smallest absolute Gasteiger partial charge is 0.242 e. The molecule has 1 fully saturated rings. The molecule has 116 valence electrons. The average Bonchev–Trinajstić information content (AvgIpc) is 2.47. The summed E-state index contributed by atoms with van der Waals surface area (Å²) in [7, 11) is 1.57. The number of methoxy groups -OCH3 is 1. The van der Waals surface area contributed by atoms with Gasteiger partial charge in [-0.25, -0.2) is 0 Å². The summed E-state index contributed by atoms with van der Waals surface area (Å²) >= 11 is 0. The van der Waals surface area contributed by atoms with Gasteiger partial charge in [-0.1, -0.05) is 19.3 Å². The minimum atomic E-state index is -0.551. The molecule has 0 radical (unpaired) electrons. The van der Waals surface area contributed by atoms with Gasteiger partial charge >= 0.3 is 0 Å². The Bertz CT molecular complexity index is 328. The van der Waals surface area contributed by atoms with Crippen LogP contribution in [-0.4, -0.2) is 44.7 Å². The molecule has 1 aliphatic rings. The number of amides is 2. The third-order valence-corrected chi connectivity index (χ3v) is 4.03. The monoisotopic (exact) mass is 285 g/mol. The Morgan fingerprint density at radius 3 is 2.50 bits per heavy atom. The summed E-state index contributed by atoms with van der Waals surface area (Å²) in [4.78, 5) is 24.2. The fraction of sp³-hybridized carbons (Fsp3) is 0.857. The van der Waals surface area contributed by atoms with E-state index >= 15 is 0 Å². The first-order chi connectivity index (χ1) is 9.55. The normalized spacial score (nSPS) is 19.1. The molecule has 1 rings (SSSR count). The van der Waals surface area contributed by atoms with Crippen molar-refractivity contribution in [1.82, 2.24) is 10.6 Å². The molecule has 0 heterocycles. The summed E-state index contributed by atoms with van der Waals surface area (Å²) in [5.41, 5.74) is 5.32. The predicted molar refractivity (Wildman–Crippen MR) is 77.1 cm³/mol. The number of nitrogens with one attached hydrogen (secondary N) is 2. The Labute approximate surface area is 120 Å². The van der Waals surface area contributed by atoms with Crippen molar-refractivity contribution >= 4 is 11.8 Å². The molecule has 1 aliphatic carbocycles. The summed E-state index contributed by atoms with van der Waals surface area (Å²) < 4.78 is 4.86. The van der Waals surface area contributed by atoms with Crippen LogP contribution < -0.4 is 16.4 Å². The van der Waals surface area contributed by atoms with E-state index in [1.165, 1.54) is 0 Å². The highest BCUT2D eigenvalue weighted by Gasteiger charge is 2.39. The van der Waals surface area contributed by atoms with Crippen molar-refractivity contribution in [1.29, 1.82) is 0 Å². The topological polar surface area (TPSA) is 93.5 Å². The number of carbonyl (C=O) groups is 2. The molecule has 0 aromatic carbocycles. The molecule has 20 heavy (non-hydrogen) atoms. The average molecular weight is 285 g/mol. The first-order valence-corrected chi connectivity index (χ1v) is 7.33. The Morgan fingerprint density at radius 2 is 1.95 bits per heavy atom. The van der Waals surface area contributed by atoms with Crippen LogP contribution in [0.1, 0.15) is 39.0 Å². The molecule has 1 saturated carbocycles. The lowest BCUT2D eigenvalue weighted by atomic mass is 9.73. The lowest BCUT2D eigenvalue weighted by Crippen LogP contribution is -2.53.